The maximum absolute atomic E-state index is 12.3. The molecule has 0 aliphatic rings. The van der Waals surface area contributed by atoms with Gasteiger partial charge in [-0.15, -0.1) is 0 Å². The molecule has 0 bridgehead atoms. The Balaban J connectivity index is 1.88. The number of hydrogen-bond acceptors (Lipinski definition) is 6. The summed E-state index contributed by atoms with van der Waals surface area (Å²) in [7, 11) is 0. The third-order valence-corrected chi connectivity index (χ3v) is 4.03. The first kappa shape index (κ1) is 23.4. The highest BCUT2D eigenvalue weighted by molar-refractivity contribution is 5.83. The van der Waals surface area contributed by atoms with Crippen LogP contribution in [-0.2, 0) is 14.3 Å². The molecule has 9 nitrogen and oxygen atoms in total. The lowest BCUT2D eigenvalue weighted by Gasteiger charge is -2.18. The molecular weight excluding hydrogens is 402 g/mol. The number of carboxylic acids is 1. The smallest absolute Gasteiger partial charge is 0.407 e. The van der Waals surface area contributed by atoms with Crippen LogP contribution in [0.25, 0.3) is 0 Å². The first-order valence-electron chi connectivity index (χ1n) is 9.72. The number of ether oxygens (including phenoxy) is 2. The summed E-state index contributed by atoms with van der Waals surface area (Å²) >= 11 is 0. The fraction of sp³-hybridized carbons (Fsp3) is 0.273. The molecule has 2 aromatic carbocycles. The minimum absolute atomic E-state index is 0.0173. The third-order valence-electron chi connectivity index (χ3n) is 4.03. The molecule has 0 aromatic heterocycles. The molecule has 0 saturated carbocycles. The Morgan fingerprint density at radius 2 is 1.81 bits per heavy atom. The van der Waals surface area contributed by atoms with Crippen molar-refractivity contribution in [2.24, 2.45) is 5.10 Å². The van der Waals surface area contributed by atoms with Crippen molar-refractivity contribution in [2.75, 3.05) is 13.2 Å². The minimum Gasteiger partial charge on any atom is -0.493 e. The van der Waals surface area contributed by atoms with Gasteiger partial charge in [-0.1, -0.05) is 30.3 Å². The van der Waals surface area contributed by atoms with Crippen LogP contribution in [0.2, 0.25) is 0 Å². The number of hydrogen-bond donors (Lipinski definition) is 3. The third kappa shape index (κ3) is 8.99. The summed E-state index contributed by atoms with van der Waals surface area (Å²) in [4.78, 5) is 34.6. The topological polar surface area (TPSA) is 126 Å². The lowest BCUT2D eigenvalue weighted by Crippen LogP contribution is -2.33. The van der Waals surface area contributed by atoms with Gasteiger partial charge in [-0.25, -0.2) is 10.2 Å². The van der Waals surface area contributed by atoms with Crippen molar-refractivity contribution in [3.05, 3.63) is 65.7 Å². The summed E-state index contributed by atoms with van der Waals surface area (Å²) in [6.45, 7) is 2.02. The summed E-state index contributed by atoms with van der Waals surface area (Å²) in [5.41, 5.74) is 3.93. The molecule has 2 aromatic rings. The Hall–Kier alpha value is -3.88. The van der Waals surface area contributed by atoms with Gasteiger partial charge in [-0.2, -0.15) is 5.10 Å². The van der Waals surface area contributed by atoms with Gasteiger partial charge in [-0.3, -0.25) is 9.59 Å². The van der Waals surface area contributed by atoms with E-state index in [1.54, 1.807) is 31.2 Å². The number of alkyl carbamates (subject to hydrolysis) is 1. The Bertz CT molecular complexity index is 884. The summed E-state index contributed by atoms with van der Waals surface area (Å²) in [6.07, 6.45) is 0.772. The van der Waals surface area contributed by atoms with Crippen LogP contribution < -0.4 is 15.5 Å². The van der Waals surface area contributed by atoms with Crippen LogP contribution in [0.3, 0.4) is 0 Å². The van der Waals surface area contributed by atoms with Crippen molar-refractivity contribution in [1.29, 1.82) is 0 Å². The maximum Gasteiger partial charge on any atom is 0.407 e. The quantitative estimate of drug-likeness (QED) is 0.374. The molecule has 9 heteroatoms. The summed E-state index contributed by atoms with van der Waals surface area (Å²) < 4.78 is 10.2. The minimum atomic E-state index is -0.925. The van der Waals surface area contributed by atoms with Crippen molar-refractivity contribution in [3.8, 4) is 5.75 Å². The van der Waals surface area contributed by atoms with Gasteiger partial charge < -0.3 is 19.9 Å². The summed E-state index contributed by atoms with van der Waals surface area (Å²) in [5.74, 6) is -0.764. The van der Waals surface area contributed by atoms with E-state index in [0.29, 0.717) is 5.75 Å². The predicted molar refractivity (Wildman–Crippen MR) is 114 cm³/mol. The van der Waals surface area contributed by atoms with Crippen LogP contribution in [0, 0.1) is 0 Å². The lowest BCUT2D eigenvalue weighted by molar-refractivity contribution is -0.137. The lowest BCUT2D eigenvalue weighted by atomic mass is 10.0. The van der Waals surface area contributed by atoms with Crippen molar-refractivity contribution in [1.82, 2.24) is 10.7 Å². The van der Waals surface area contributed by atoms with Crippen LogP contribution in [0.1, 0.15) is 36.9 Å². The number of nitrogens with zero attached hydrogens (tertiary/aromatic N) is 1. The van der Waals surface area contributed by atoms with Crippen LogP contribution in [0.5, 0.6) is 5.75 Å². The number of carbonyl (C=O) groups excluding carboxylic acids is 2. The molecule has 0 heterocycles. The van der Waals surface area contributed by atoms with E-state index in [-0.39, 0.29) is 32.0 Å². The van der Waals surface area contributed by atoms with Gasteiger partial charge in [-0.05, 0) is 42.3 Å². The number of carboxylic acid groups (broad SMARTS) is 1. The highest BCUT2D eigenvalue weighted by Gasteiger charge is 2.18. The van der Waals surface area contributed by atoms with E-state index in [2.05, 4.69) is 15.8 Å². The van der Waals surface area contributed by atoms with E-state index < -0.39 is 18.1 Å². The van der Waals surface area contributed by atoms with Gasteiger partial charge in [0.15, 0.2) is 0 Å². The largest absolute Gasteiger partial charge is 0.493 e. The normalized spacial score (nSPS) is 11.5. The number of amides is 2. The second-order valence-corrected chi connectivity index (χ2v) is 6.39. The number of rotatable bonds is 11. The molecule has 2 amide bonds. The van der Waals surface area contributed by atoms with Crippen LogP contribution >= 0.6 is 0 Å². The summed E-state index contributed by atoms with van der Waals surface area (Å²) in [6, 6.07) is 15.4. The van der Waals surface area contributed by atoms with Gasteiger partial charge in [0, 0.05) is 0 Å². The fourth-order valence-corrected chi connectivity index (χ4v) is 2.57. The molecule has 164 valence electrons. The van der Waals surface area contributed by atoms with E-state index in [0.717, 1.165) is 11.1 Å². The zero-order valence-electron chi connectivity index (χ0n) is 17.1. The highest BCUT2D eigenvalue weighted by atomic mass is 16.5. The number of hydrazone groups is 1. The number of benzene rings is 2. The molecule has 0 spiro atoms. The monoisotopic (exact) mass is 427 g/mol. The van der Waals surface area contributed by atoms with Gasteiger partial charge in [0.1, 0.15) is 5.75 Å². The Kier molecular flexibility index (Phi) is 9.54. The molecular formula is C22H25N3O6. The van der Waals surface area contributed by atoms with Crippen LogP contribution in [0.15, 0.2) is 59.7 Å². The van der Waals surface area contributed by atoms with E-state index in [9.17, 15) is 14.4 Å². The van der Waals surface area contributed by atoms with Gasteiger partial charge in [0.05, 0.1) is 38.3 Å². The zero-order chi connectivity index (χ0) is 22.5. The van der Waals surface area contributed by atoms with Gasteiger partial charge in [0.25, 0.3) is 0 Å². The van der Waals surface area contributed by atoms with Crippen molar-refractivity contribution < 1.29 is 29.0 Å². The Morgan fingerprint density at radius 1 is 1.10 bits per heavy atom. The highest BCUT2D eigenvalue weighted by Crippen LogP contribution is 2.17. The molecule has 0 radical (unpaired) electrons. The average molecular weight is 427 g/mol. The Labute approximate surface area is 180 Å². The molecule has 2 rings (SSSR count). The average Bonchev–Trinajstić information content (AvgIpc) is 2.75. The number of aliphatic carboxylic acids is 1. The SMILES string of the molecule is CCOC(=O)N[C@H](CC(=O)N/N=C\c1ccc(OCCC(=O)O)cc1)c1ccccc1. The molecule has 3 N–H and O–H groups in total. The van der Waals surface area contributed by atoms with Gasteiger partial charge in [0.2, 0.25) is 5.91 Å². The predicted octanol–water partition coefficient (Wildman–Crippen LogP) is 2.87. The zero-order valence-corrected chi connectivity index (χ0v) is 17.1. The standard InChI is InChI=1S/C22H25N3O6/c1-2-30-22(29)24-19(17-6-4-3-5-7-17)14-20(26)25-23-15-16-8-10-18(11-9-16)31-13-12-21(27)28/h3-11,15,19H,2,12-14H2,1H3,(H,24,29)(H,25,26)(H,27,28)/b23-15-/t19-/m1/s1. The molecule has 0 saturated heterocycles. The van der Waals surface area contributed by atoms with Crippen molar-refractivity contribution in [2.45, 2.75) is 25.8 Å². The summed E-state index contributed by atoms with van der Waals surface area (Å²) in [5, 5.41) is 15.2. The molecule has 31 heavy (non-hydrogen) atoms. The Morgan fingerprint density at radius 3 is 2.45 bits per heavy atom. The first-order valence-corrected chi connectivity index (χ1v) is 9.72. The molecule has 0 aliphatic heterocycles. The molecule has 0 aliphatic carbocycles. The molecule has 0 fully saturated rings. The van der Waals surface area contributed by atoms with Crippen LogP contribution in [-0.4, -0.2) is 42.5 Å². The van der Waals surface area contributed by atoms with Crippen molar-refractivity contribution in [3.63, 3.8) is 0 Å². The van der Waals surface area contributed by atoms with E-state index in [4.69, 9.17) is 14.6 Å². The van der Waals surface area contributed by atoms with E-state index >= 15 is 0 Å². The maximum atomic E-state index is 12.3. The van der Waals surface area contributed by atoms with Gasteiger partial charge >= 0.3 is 12.1 Å². The second kappa shape index (κ2) is 12.6. The van der Waals surface area contributed by atoms with Crippen LogP contribution in [0.4, 0.5) is 4.79 Å². The fourth-order valence-electron chi connectivity index (χ4n) is 2.57. The van der Waals surface area contributed by atoms with E-state index in [1.807, 2.05) is 30.3 Å². The van der Waals surface area contributed by atoms with Crippen molar-refractivity contribution >= 4 is 24.2 Å². The second-order valence-electron chi connectivity index (χ2n) is 6.39. The number of nitrogens with one attached hydrogen (secondary N) is 2. The first-order chi connectivity index (χ1) is 15.0. The van der Waals surface area contributed by atoms with E-state index in [1.165, 1.54) is 6.21 Å². The molecule has 1 atom stereocenters. The number of carbonyl (C=O) groups is 3. The molecule has 0 unspecified atom stereocenters.